The van der Waals surface area contributed by atoms with Crippen LogP contribution >= 0.6 is 0 Å². The highest BCUT2D eigenvalue weighted by molar-refractivity contribution is 5.55. The van der Waals surface area contributed by atoms with E-state index in [-0.39, 0.29) is 17.6 Å². The topological polar surface area (TPSA) is 114 Å². The van der Waals surface area contributed by atoms with Gasteiger partial charge in [-0.25, -0.2) is 9.97 Å². The maximum atomic E-state index is 10.4. The lowest BCUT2D eigenvalue weighted by molar-refractivity contribution is 0.162. The number of nitrogens with zero attached hydrogens (tertiary/aromatic N) is 2. The zero-order valence-electron chi connectivity index (χ0n) is 26.9. The van der Waals surface area contributed by atoms with Gasteiger partial charge in [-0.2, -0.15) is 0 Å². The zero-order valence-corrected chi connectivity index (χ0v) is 26.9. The second-order valence-corrected chi connectivity index (χ2v) is 12.0. The minimum Gasteiger partial charge on any atom is -0.412 e. The molecular weight excluding hydrogens is 522 g/mol. The minimum atomic E-state index is -0.164. The highest BCUT2D eigenvalue weighted by Gasteiger charge is 2.33. The molecule has 2 aromatic heterocycles. The summed E-state index contributed by atoms with van der Waals surface area (Å²) in [7, 11) is 0. The van der Waals surface area contributed by atoms with Crippen molar-refractivity contribution >= 4 is 11.6 Å². The van der Waals surface area contributed by atoms with E-state index in [1.165, 1.54) is 57.3 Å². The molecule has 0 radical (unpaired) electrons. The van der Waals surface area contributed by atoms with Crippen molar-refractivity contribution in [3.8, 4) is 0 Å². The molecule has 1 aromatic carbocycles. The van der Waals surface area contributed by atoms with Gasteiger partial charge in [-0.1, -0.05) is 33.6 Å². The van der Waals surface area contributed by atoms with Crippen molar-refractivity contribution in [2.75, 3.05) is 17.2 Å². The number of anilines is 2. The van der Waals surface area contributed by atoms with Crippen LogP contribution in [-0.2, 0) is 38.9 Å². The molecule has 4 rings (SSSR count). The molecule has 1 fully saturated rings. The third-order valence-corrected chi connectivity index (χ3v) is 8.84. The van der Waals surface area contributed by atoms with Crippen LogP contribution in [0.4, 0.5) is 11.6 Å². The van der Waals surface area contributed by atoms with Crippen LogP contribution in [0, 0.1) is 27.7 Å². The number of pyridine rings is 2. The van der Waals surface area contributed by atoms with Crippen molar-refractivity contribution in [3.63, 3.8) is 0 Å². The number of aliphatic hydroxyl groups is 1. The fourth-order valence-corrected chi connectivity index (χ4v) is 6.95. The van der Waals surface area contributed by atoms with Crippen LogP contribution in [0.25, 0.3) is 0 Å². The monoisotopic (exact) mass is 575 g/mol. The summed E-state index contributed by atoms with van der Waals surface area (Å²) in [5, 5.41) is 21.6. The average Bonchev–Trinajstić information content (AvgIpc) is 3.41. The summed E-state index contributed by atoms with van der Waals surface area (Å²) < 4.78 is 0. The van der Waals surface area contributed by atoms with Crippen LogP contribution < -0.4 is 16.0 Å². The third kappa shape index (κ3) is 7.68. The molecule has 0 saturated heterocycles. The van der Waals surface area contributed by atoms with Gasteiger partial charge in [0.25, 0.3) is 0 Å². The molecule has 6 N–H and O–H groups in total. The Labute approximate surface area is 253 Å². The highest BCUT2D eigenvalue weighted by Crippen LogP contribution is 2.34. The molecule has 7 nitrogen and oxygen atoms in total. The molecular formula is C35H53N5O2. The second-order valence-electron chi connectivity index (χ2n) is 12.0. The van der Waals surface area contributed by atoms with Crippen molar-refractivity contribution in [2.24, 2.45) is 0 Å². The van der Waals surface area contributed by atoms with Gasteiger partial charge < -0.3 is 26.5 Å². The quantitative estimate of drug-likeness (QED) is 0.193. The van der Waals surface area contributed by atoms with Crippen molar-refractivity contribution in [1.82, 2.24) is 15.3 Å². The average molecular weight is 576 g/mol. The van der Waals surface area contributed by atoms with E-state index in [2.05, 4.69) is 88.7 Å². The molecule has 1 aliphatic rings. The summed E-state index contributed by atoms with van der Waals surface area (Å²) in [5.41, 5.74) is 12.8. The van der Waals surface area contributed by atoms with Crippen molar-refractivity contribution in [3.05, 3.63) is 80.2 Å². The molecule has 1 saturated carbocycles. The highest BCUT2D eigenvalue weighted by atomic mass is 16.3. The number of rotatable bonds is 13. The smallest absolute Gasteiger partial charge is 0.126 e. The molecule has 0 spiro atoms. The molecule has 0 bridgehead atoms. The standard InChI is InChI=1S/C35H51N5O.H2O/c1-8-27-30(19-36-33-17-23(4)15-25(6)39-33)28(9-2)32(21-38-35(22-41)13-11-12-14-35)29(10-3)31(27)20-37-34-18-24(5)16-26(7)40-34;/h15-18,38,41H,8-14,19-22H2,1-7H3,(H,36,39)(H,37,40);1H2. The van der Waals surface area contributed by atoms with Gasteiger partial charge in [-0.15, -0.1) is 0 Å². The Morgan fingerprint density at radius 2 is 1.05 bits per heavy atom. The van der Waals surface area contributed by atoms with Crippen LogP contribution in [0.2, 0.25) is 0 Å². The van der Waals surface area contributed by atoms with Crippen molar-refractivity contribution < 1.29 is 10.6 Å². The molecule has 7 heteroatoms. The van der Waals surface area contributed by atoms with Crippen LogP contribution in [-0.4, -0.2) is 32.7 Å². The van der Waals surface area contributed by atoms with Gasteiger partial charge in [0, 0.05) is 36.6 Å². The van der Waals surface area contributed by atoms with Crippen LogP contribution in [0.1, 0.15) is 102 Å². The first-order chi connectivity index (χ1) is 19.7. The number of hydrogen-bond donors (Lipinski definition) is 4. The van der Waals surface area contributed by atoms with E-state index in [1.807, 2.05) is 0 Å². The maximum Gasteiger partial charge on any atom is 0.126 e. The van der Waals surface area contributed by atoms with Gasteiger partial charge in [0.05, 0.1) is 6.61 Å². The lowest BCUT2D eigenvalue weighted by atomic mass is 9.82. The van der Waals surface area contributed by atoms with E-state index in [0.29, 0.717) is 0 Å². The summed E-state index contributed by atoms with van der Waals surface area (Å²) in [5.74, 6) is 1.85. The molecule has 3 aromatic rings. The van der Waals surface area contributed by atoms with E-state index >= 15 is 0 Å². The summed E-state index contributed by atoms with van der Waals surface area (Å²) in [4.78, 5) is 9.54. The molecule has 1 aliphatic carbocycles. The lowest BCUT2D eigenvalue weighted by Crippen LogP contribution is -2.45. The van der Waals surface area contributed by atoms with E-state index in [9.17, 15) is 5.11 Å². The molecule has 0 unspecified atom stereocenters. The molecule has 0 amide bonds. The molecule has 0 atom stereocenters. The first-order valence-electron chi connectivity index (χ1n) is 15.6. The van der Waals surface area contributed by atoms with E-state index in [4.69, 9.17) is 9.97 Å². The van der Waals surface area contributed by atoms with Crippen molar-refractivity contribution in [1.29, 1.82) is 0 Å². The Hall–Kier alpha value is -3.00. The number of aromatic nitrogens is 2. The Morgan fingerprint density at radius 1 is 0.643 bits per heavy atom. The van der Waals surface area contributed by atoms with E-state index < -0.39 is 0 Å². The van der Waals surface area contributed by atoms with E-state index in [0.717, 1.165) is 74.8 Å². The van der Waals surface area contributed by atoms with Crippen molar-refractivity contribution in [2.45, 2.75) is 119 Å². The largest absolute Gasteiger partial charge is 0.412 e. The SMILES string of the molecule is CCc1c(CNc2cc(C)cc(C)n2)c(CC)c(CNC2(CO)CCCC2)c(CC)c1CNc1cc(C)cc(C)n1.O. The maximum absolute atomic E-state index is 10.4. The molecule has 42 heavy (non-hydrogen) atoms. The number of nitrogens with one attached hydrogen (secondary N) is 3. The predicted molar refractivity (Wildman–Crippen MR) is 175 cm³/mol. The van der Waals surface area contributed by atoms with Crippen LogP contribution in [0.5, 0.6) is 0 Å². The zero-order chi connectivity index (χ0) is 29.6. The van der Waals surface area contributed by atoms with Gasteiger partial charge in [-0.05, 0) is 129 Å². The first kappa shape index (κ1) is 33.5. The first-order valence-corrected chi connectivity index (χ1v) is 15.6. The number of hydrogen-bond acceptors (Lipinski definition) is 6. The number of aliphatic hydroxyl groups excluding tert-OH is 1. The van der Waals surface area contributed by atoms with Gasteiger partial charge in [0.2, 0.25) is 0 Å². The minimum absolute atomic E-state index is 0. The van der Waals surface area contributed by atoms with Crippen LogP contribution in [0.3, 0.4) is 0 Å². The Bertz CT molecular complexity index is 1220. The van der Waals surface area contributed by atoms with Gasteiger partial charge in [-0.3, -0.25) is 0 Å². The molecule has 230 valence electrons. The van der Waals surface area contributed by atoms with Gasteiger partial charge in [0.1, 0.15) is 11.6 Å². The lowest BCUT2D eigenvalue weighted by Gasteiger charge is -2.31. The second kappa shape index (κ2) is 14.9. The predicted octanol–water partition coefficient (Wildman–Crippen LogP) is 6.19. The Kier molecular flexibility index (Phi) is 11.9. The summed E-state index contributed by atoms with van der Waals surface area (Å²) >= 11 is 0. The molecule has 0 aliphatic heterocycles. The normalized spacial score (nSPS) is 14.1. The summed E-state index contributed by atoms with van der Waals surface area (Å²) in [6.07, 6.45) is 7.33. The Balaban J connectivity index is 0.00000484. The van der Waals surface area contributed by atoms with Gasteiger partial charge >= 0.3 is 0 Å². The third-order valence-electron chi connectivity index (χ3n) is 8.84. The van der Waals surface area contributed by atoms with Gasteiger partial charge in [0.15, 0.2) is 0 Å². The summed E-state index contributed by atoms with van der Waals surface area (Å²) in [6, 6.07) is 8.49. The Morgan fingerprint density at radius 3 is 1.40 bits per heavy atom. The summed E-state index contributed by atoms with van der Waals surface area (Å²) in [6.45, 7) is 17.6. The van der Waals surface area contributed by atoms with Crippen LogP contribution in [0.15, 0.2) is 24.3 Å². The fourth-order valence-electron chi connectivity index (χ4n) is 6.95. The fraction of sp³-hybridized carbons (Fsp3) is 0.543. The number of benzene rings is 1. The molecule has 2 heterocycles. The number of aryl methyl sites for hydroxylation is 4. The van der Waals surface area contributed by atoms with E-state index in [1.54, 1.807) is 0 Å².